The van der Waals surface area contributed by atoms with Crippen molar-refractivity contribution in [2.45, 2.75) is 142 Å². The van der Waals surface area contributed by atoms with Crippen LogP contribution in [0.5, 0.6) is 11.5 Å². The second kappa shape index (κ2) is 22.3. The average Bonchev–Trinajstić information content (AvgIpc) is 3.31. The number of aliphatic hydroxyl groups is 3. The molecule has 1 aromatic carbocycles. The van der Waals surface area contributed by atoms with Crippen molar-refractivity contribution < 1.29 is 82.0 Å². The van der Waals surface area contributed by atoms with Gasteiger partial charge in [0, 0.05) is 63.7 Å². The Bertz CT molecular complexity index is 2340. The number of esters is 3. The largest absolute Gasteiger partial charge is 0.497 e. The molecular formula is C51H73N3O17S2. The summed E-state index contributed by atoms with van der Waals surface area (Å²) in [6, 6.07) is 2.99. The molecule has 0 aromatic heterocycles. The number of hydrogen-bond donors (Lipinski definition) is 4. The molecule has 22 heteroatoms. The van der Waals surface area contributed by atoms with Crippen molar-refractivity contribution in [3.63, 3.8) is 0 Å². The Labute approximate surface area is 434 Å². The number of fused-ring (bicyclic) bond motifs is 5. The molecule has 2 amide bonds. The molecule has 1 aromatic rings. The Balaban J connectivity index is 1.56. The highest BCUT2D eigenvalue weighted by Crippen LogP contribution is 2.64. The molecule has 4 fully saturated rings. The molecule has 406 valence electrons. The zero-order valence-corrected chi connectivity index (χ0v) is 45.7. The Morgan fingerprint density at radius 3 is 2.23 bits per heavy atom. The minimum atomic E-state index is -2.50. The number of alkyl carbamates (subject to hydrolysis) is 1. The number of aliphatic hydroxyl groups excluding tert-OH is 2. The van der Waals surface area contributed by atoms with Gasteiger partial charge in [0.2, 0.25) is 0 Å². The van der Waals surface area contributed by atoms with E-state index in [1.807, 2.05) is 6.26 Å². The van der Waals surface area contributed by atoms with Crippen LogP contribution >= 0.6 is 21.6 Å². The summed E-state index contributed by atoms with van der Waals surface area (Å²) in [5.41, 5.74) is -8.68. The van der Waals surface area contributed by atoms with Crippen molar-refractivity contribution in [2.24, 2.45) is 16.7 Å². The molecule has 2 bridgehead atoms. The van der Waals surface area contributed by atoms with Gasteiger partial charge in [-0.2, -0.15) is 0 Å². The summed E-state index contributed by atoms with van der Waals surface area (Å²) in [4.78, 5) is 90.2. The number of ether oxygens (including phenoxy) is 8. The molecular weight excluding hydrogens is 991 g/mol. The standard InChI is InChI=1S/C51H73N3O17S2/c1-27(2)22-32(52-45(61)71-47(5,6)7)38(57)44(60)67-34-25-51(63)42(69-43(59)31-23-30(64-11)14-15-33(31)65-12)40-49(10,35(56)24-36-50(40,26-66-36)70-29(4)55)41(58)39(37(28(34)3)48(51,8)9)68-46(62)54-18-16-53(17-19-54)20-21-73-72-13/h14-15,22-23,32,34-36,38-40,42,56-57,63H,16-21,24-26H2,1-13H3,(H,52,61)/t32-,34-,35-,36+,38+,39+,40-,42-,49+,50-,51+/m0/s1. The van der Waals surface area contributed by atoms with Crippen molar-refractivity contribution in [2.75, 3.05) is 65.6 Å². The molecule has 20 nitrogen and oxygen atoms in total. The van der Waals surface area contributed by atoms with Crippen molar-refractivity contribution in [1.29, 1.82) is 0 Å². The zero-order chi connectivity index (χ0) is 54.2. The molecule has 3 aliphatic carbocycles. The highest BCUT2D eigenvalue weighted by atomic mass is 33.1. The number of benzene rings is 1. The summed E-state index contributed by atoms with van der Waals surface area (Å²) in [7, 11) is 6.10. The molecule has 2 aliphatic heterocycles. The topological polar surface area (TPSA) is 255 Å². The third-order valence-corrected chi connectivity index (χ3v) is 16.8. The zero-order valence-electron chi connectivity index (χ0n) is 44.1. The number of allylic oxidation sites excluding steroid dienone is 1. The van der Waals surface area contributed by atoms with Gasteiger partial charge in [-0.1, -0.05) is 47.1 Å². The van der Waals surface area contributed by atoms with Crippen molar-refractivity contribution in [3.8, 4) is 11.5 Å². The van der Waals surface area contributed by atoms with E-state index in [0.29, 0.717) is 18.7 Å². The van der Waals surface area contributed by atoms with E-state index in [0.717, 1.165) is 19.2 Å². The molecule has 73 heavy (non-hydrogen) atoms. The fraction of sp³-hybridized carbons (Fsp3) is 0.686. The summed E-state index contributed by atoms with van der Waals surface area (Å²) in [6.07, 6.45) is -9.47. The second-order valence-electron chi connectivity index (χ2n) is 21.3. The maximum atomic E-state index is 16.2. The first-order valence-electron chi connectivity index (χ1n) is 24.4. The number of nitrogens with one attached hydrogen (secondary N) is 1. The summed E-state index contributed by atoms with van der Waals surface area (Å²) in [5.74, 6) is -4.56. The number of Topliss-reactive ketones (excluding diaryl/α,β-unsaturated/α-hetero) is 1. The number of carbonyl (C=O) groups excluding carboxylic acids is 6. The Hall–Kier alpha value is -4.58. The number of amides is 2. The number of piperazine rings is 1. The fourth-order valence-corrected chi connectivity index (χ4v) is 12.4. The SMILES string of the molecule is COc1ccc(OC)c(C(=O)O[C@H]2[C@@H]3[C@]4(OC(C)=O)CO[C@@H]4C[C@H](O)[C@@]3(C)C(=O)[C@H](OC(=O)N3CCN(CCSSC)CC3)C3=C(C)[C@@H](OC(=O)[C@H](O)[C@H](C=C(C)C)NC(=O)OC(C)(C)C)C[C@]2(O)C3(C)C)c1. The molecule has 2 heterocycles. The van der Waals surface area contributed by atoms with Crippen molar-refractivity contribution in [3.05, 3.63) is 46.6 Å². The van der Waals surface area contributed by atoms with E-state index >= 15 is 4.79 Å². The minimum Gasteiger partial charge on any atom is -0.497 e. The predicted octanol–water partition coefficient (Wildman–Crippen LogP) is 4.64. The molecule has 0 radical (unpaired) electrons. The van der Waals surface area contributed by atoms with Gasteiger partial charge in [-0.3, -0.25) is 14.5 Å². The van der Waals surface area contributed by atoms with Gasteiger partial charge in [0.15, 0.2) is 23.6 Å². The van der Waals surface area contributed by atoms with E-state index in [2.05, 4.69) is 10.2 Å². The summed E-state index contributed by atoms with van der Waals surface area (Å²) >= 11 is 0. The van der Waals surface area contributed by atoms with Gasteiger partial charge in [-0.15, -0.1) is 0 Å². The van der Waals surface area contributed by atoms with Crippen LogP contribution in [0, 0.1) is 16.7 Å². The lowest BCUT2D eigenvalue weighted by Crippen LogP contribution is -2.82. The number of ketones is 1. The molecule has 0 spiro atoms. The lowest BCUT2D eigenvalue weighted by Gasteiger charge is -2.67. The maximum Gasteiger partial charge on any atom is 0.410 e. The van der Waals surface area contributed by atoms with Gasteiger partial charge in [-0.05, 0) is 84.1 Å². The molecule has 0 unspecified atom stereocenters. The van der Waals surface area contributed by atoms with E-state index in [1.165, 1.54) is 51.2 Å². The van der Waals surface area contributed by atoms with E-state index in [4.69, 9.17) is 37.9 Å². The molecule has 4 N–H and O–H groups in total. The number of carbonyl (C=O) groups is 6. The van der Waals surface area contributed by atoms with Crippen LogP contribution in [-0.4, -0.2) is 186 Å². The van der Waals surface area contributed by atoms with E-state index in [-0.39, 0.29) is 54.3 Å². The van der Waals surface area contributed by atoms with Crippen LogP contribution in [0.3, 0.4) is 0 Å². The molecule has 2 saturated heterocycles. The number of nitrogens with zero attached hydrogens (tertiary/aromatic N) is 2. The van der Waals surface area contributed by atoms with Crippen LogP contribution in [0.2, 0.25) is 0 Å². The third kappa shape index (κ3) is 11.4. The lowest BCUT2D eigenvalue weighted by molar-refractivity contribution is -0.346. The predicted molar refractivity (Wildman–Crippen MR) is 269 cm³/mol. The van der Waals surface area contributed by atoms with Crippen LogP contribution in [0.4, 0.5) is 9.59 Å². The smallest absolute Gasteiger partial charge is 0.410 e. The van der Waals surface area contributed by atoms with Gasteiger partial charge < -0.3 is 63.4 Å². The third-order valence-electron chi connectivity index (χ3n) is 15.0. The van der Waals surface area contributed by atoms with E-state index in [1.54, 1.807) is 76.1 Å². The summed E-state index contributed by atoms with van der Waals surface area (Å²) < 4.78 is 47.7. The Morgan fingerprint density at radius 2 is 1.67 bits per heavy atom. The summed E-state index contributed by atoms with van der Waals surface area (Å²) in [6.45, 7) is 17.5. The van der Waals surface area contributed by atoms with Gasteiger partial charge in [-0.25, -0.2) is 19.2 Å². The van der Waals surface area contributed by atoms with Gasteiger partial charge >= 0.3 is 30.1 Å². The first-order chi connectivity index (χ1) is 34.1. The van der Waals surface area contributed by atoms with Crippen LogP contribution in [0.1, 0.15) is 92.4 Å². The lowest BCUT2D eigenvalue weighted by atomic mass is 9.44. The number of rotatable bonds is 15. The quantitative estimate of drug-likeness (QED) is 0.0613. The average molecular weight is 1060 g/mol. The van der Waals surface area contributed by atoms with Gasteiger partial charge in [0.05, 0.1) is 44.3 Å². The van der Waals surface area contributed by atoms with Crippen molar-refractivity contribution >= 4 is 57.5 Å². The fourth-order valence-electron chi connectivity index (χ4n) is 11.2. The van der Waals surface area contributed by atoms with Gasteiger partial charge in [0.25, 0.3) is 0 Å². The minimum absolute atomic E-state index is 0.0345. The Morgan fingerprint density at radius 1 is 1.00 bits per heavy atom. The highest BCUT2D eigenvalue weighted by Gasteiger charge is 2.78. The van der Waals surface area contributed by atoms with E-state index in [9.17, 15) is 39.3 Å². The van der Waals surface area contributed by atoms with E-state index < -0.39 is 119 Å². The first-order valence-corrected chi connectivity index (χ1v) is 27.1. The molecule has 11 atom stereocenters. The second-order valence-corrected chi connectivity index (χ2v) is 24.0. The van der Waals surface area contributed by atoms with Crippen LogP contribution in [0.25, 0.3) is 0 Å². The monoisotopic (exact) mass is 1060 g/mol. The maximum absolute atomic E-state index is 16.2. The number of methoxy groups -OCH3 is 2. The molecule has 2 saturated carbocycles. The van der Waals surface area contributed by atoms with Crippen LogP contribution < -0.4 is 14.8 Å². The van der Waals surface area contributed by atoms with Crippen molar-refractivity contribution in [1.82, 2.24) is 15.1 Å². The summed E-state index contributed by atoms with van der Waals surface area (Å²) in [5, 5.41) is 40.8. The Kier molecular flexibility index (Phi) is 17.6. The molecule has 5 aliphatic rings. The first kappa shape index (κ1) is 57.7. The number of hydrogen-bond acceptors (Lipinski definition) is 20. The van der Waals surface area contributed by atoms with Crippen LogP contribution in [0.15, 0.2) is 41.0 Å². The van der Waals surface area contributed by atoms with Gasteiger partial charge in [0.1, 0.15) is 46.6 Å². The normalized spacial score (nSPS) is 30.6. The highest BCUT2D eigenvalue weighted by molar-refractivity contribution is 8.76. The molecule has 6 rings (SSSR count). The van der Waals surface area contributed by atoms with Crippen LogP contribution in [-0.2, 0) is 42.8 Å².